The maximum Gasteiger partial charge on any atom is 0.0843 e. The predicted molar refractivity (Wildman–Crippen MR) is 80.4 cm³/mol. The van der Waals surface area contributed by atoms with Gasteiger partial charge in [0.15, 0.2) is 0 Å². The summed E-state index contributed by atoms with van der Waals surface area (Å²) >= 11 is 10.3. The van der Waals surface area contributed by atoms with Crippen LogP contribution in [0.3, 0.4) is 0 Å². The molecular formula is C10H15Br2NOS2. The van der Waals surface area contributed by atoms with Crippen molar-refractivity contribution in [3.05, 3.63) is 19.2 Å². The molecule has 1 aromatic heterocycles. The second kappa shape index (κ2) is 6.75. The third-order valence-electron chi connectivity index (χ3n) is 1.96. The molecule has 0 amide bonds. The number of hydrogen-bond donors (Lipinski definition) is 2. The molecule has 0 aliphatic rings. The van der Waals surface area contributed by atoms with Crippen LogP contribution in [0.1, 0.15) is 11.8 Å². The van der Waals surface area contributed by atoms with Crippen LogP contribution in [0.2, 0.25) is 0 Å². The first-order valence-electron chi connectivity index (χ1n) is 4.80. The molecule has 1 heterocycles. The molecule has 0 aliphatic heterocycles. The molecular weight excluding hydrogens is 374 g/mol. The molecule has 0 saturated carbocycles. The van der Waals surface area contributed by atoms with Crippen LogP contribution in [0.25, 0.3) is 0 Å². The Balaban J connectivity index is 2.35. The highest BCUT2D eigenvalue weighted by Crippen LogP contribution is 2.32. The molecule has 0 fully saturated rings. The Kier molecular flexibility index (Phi) is 6.33. The van der Waals surface area contributed by atoms with Gasteiger partial charge >= 0.3 is 0 Å². The first kappa shape index (κ1) is 15.0. The molecule has 0 saturated heterocycles. The lowest BCUT2D eigenvalue weighted by Gasteiger charge is -2.22. The van der Waals surface area contributed by atoms with Crippen molar-refractivity contribution >= 4 is 55.0 Å². The van der Waals surface area contributed by atoms with E-state index >= 15 is 0 Å². The van der Waals surface area contributed by atoms with E-state index < -0.39 is 5.60 Å². The van der Waals surface area contributed by atoms with Crippen LogP contribution in [0.4, 0.5) is 0 Å². The number of rotatable bonds is 6. The highest BCUT2D eigenvalue weighted by molar-refractivity contribution is 9.13. The fourth-order valence-corrected chi connectivity index (χ4v) is 4.17. The highest BCUT2D eigenvalue weighted by Gasteiger charge is 2.18. The Morgan fingerprint density at radius 3 is 2.75 bits per heavy atom. The van der Waals surface area contributed by atoms with Gasteiger partial charge in [-0.1, -0.05) is 0 Å². The second-order valence-electron chi connectivity index (χ2n) is 3.87. The van der Waals surface area contributed by atoms with Crippen LogP contribution in [-0.4, -0.2) is 29.3 Å². The standard InChI is InChI=1S/C10H15Br2NOS2/c1-10(14,6-15-2)5-13-4-7-3-8(11)9(12)16-7/h3,13-14H,4-6H2,1-2H3. The van der Waals surface area contributed by atoms with Gasteiger partial charge in [0.25, 0.3) is 0 Å². The van der Waals surface area contributed by atoms with E-state index in [-0.39, 0.29) is 0 Å². The van der Waals surface area contributed by atoms with Crippen molar-refractivity contribution in [3.8, 4) is 0 Å². The molecule has 2 nitrogen and oxygen atoms in total. The monoisotopic (exact) mass is 387 g/mol. The molecule has 1 rings (SSSR count). The average Bonchev–Trinajstić information content (AvgIpc) is 2.45. The maximum atomic E-state index is 9.95. The van der Waals surface area contributed by atoms with E-state index in [2.05, 4.69) is 43.2 Å². The summed E-state index contributed by atoms with van der Waals surface area (Å²) in [6.07, 6.45) is 2.00. The van der Waals surface area contributed by atoms with Gasteiger partial charge in [0.05, 0.1) is 9.39 Å². The highest BCUT2D eigenvalue weighted by atomic mass is 79.9. The Hall–Kier alpha value is 0.930. The van der Waals surface area contributed by atoms with Crippen molar-refractivity contribution in [2.45, 2.75) is 19.1 Å². The summed E-state index contributed by atoms with van der Waals surface area (Å²) in [5.41, 5.74) is -0.634. The first-order chi connectivity index (χ1) is 7.44. The van der Waals surface area contributed by atoms with E-state index in [9.17, 15) is 5.11 Å². The lowest BCUT2D eigenvalue weighted by Crippen LogP contribution is -2.39. The van der Waals surface area contributed by atoms with Crippen molar-refractivity contribution < 1.29 is 5.11 Å². The molecule has 1 aromatic rings. The third kappa shape index (κ3) is 5.06. The Morgan fingerprint density at radius 1 is 1.56 bits per heavy atom. The minimum absolute atomic E-state index is 0.612. The molecule has 0 spiro atoms. The summed E-state index contributed by atoms with van der Waals surface area (Å²) in [6.45, 7) is 3.26. The molecule has 6 heteroatoms. The smallest absolute Gasteiger partial charge is 0.0843 e. The lowest BCUT2D eigenvalue weighted by atomic mass is 10.1. The van der Waals surface area contributed by atoms with E-state index in [1.54, 1.807) is 23.1 Å². The van der Waals surface area contributed by atoms with Crippen LogP contribution < -0.4 is 5.32 Å². The Labute approximate surface area is 121 Å². The molecule has 0 radical (unpaired) electrons. The molecule has 2 N–H and O–H groups in total. The topological polar surface area (TPSA) is 32.3 Å². The normalized spacial score (nSPS) is 15.1. The van der Waals surface area contributed by atoms with E-state index in [0.29, 0.717) is 6.54 Å². The minimum atomic E-state index is -0.634. The number of thioether (sulfide) groups is 1. The zero-order chi connectivity index (χ0) is 12.2. The molecule has 1 atom stereocenters. The molecule has 92 valence electrons. The summed E-state index contributed by atoms with van der Waals surface area (Å²) < 4.78 is 2.20. The fourth-order valence-electron chi connectivity index (χ4n) is 1.30. The van der Waals surface area contributed by atoms with Gasteiger partial charge in [0.2, 0.25) is 0 Å². The third-order valence-corrected chi connectivity index (χ3v) is 6.12. The first-order valence-corrected chi connectivity index (χ1v) is 8.60. The number of nitrogens with one attached hydrogen (secondary N) is 1. The number of thiophene rings is 1. The van der Waals surface area contributed by atoms with Crippen molar-refractivity contribution in [1.29, 1.82) is 0 Å². The quantitative estimate of drug-likeness (QED) is 0.782. The van der Waals surface area contributed by atoms with Crippen LogP contribution in [-0.2, 0) is 6.54 Å². The summed E-state index contributed by atoms with van der Waals surface area (Å²) in [5, 5.41) is 13.2. The van der Waals surface area contributed by atoms with Gasteiger partial charge in [0.1, 0.15) is 0 Å². The SMILES string of the molecule is CSCC(C)(O)CNCc1cc(Br)c(Br)s1. The van der Waals surface area contributed by atoms with Gasteiger partial charge in [-0.3, -0.25) is 0 Å². The Morgan fingerprint density at radius 2 is 2.25 bits per heavy atom. The fraction of sp³-hybridized carbons (Fsp3) is 0.600. The summed E-state index contributed by atoms with van der Waals surface area (Å²) in [5.74, 6) is 0.748. The van der Waals surface area contributed by atoms with E-state index in [4.69, 9.17) is 0 Å². The maximum absolute atomic E-state index is 9.95. The predicted octanol–water partition coefficient (Wildman–Crippen LogP) is 3.48. The molecule has 0 bridgehead atoms. The molecule has 0 aromatic carbocycles. The van der Waals surface area contributed by atoms with E-state index in [1.165, 1.54) is 4.88 Å². The molecule has 1 unspecified atom stereocenters. The van der Waals surface area contributed by atoms with Gasteiger partial charge in [-0.25, -0.2) is 0 Å². The second-order valence-corrected chi connectivity index (χ2v) is 8.04. The van der Waals surface area contributed by atoms with Crippen LogP contribution in [0.5, 0.6) is 0 Å². The zero-order valence-electron chi connectivity index (χ0n) is 9.22. The van der Waals surface area contributed by atoms with Gasteiger partial charge in [-0.2, -0.15) is 11.8 Å². The number of hydrogen-bond acceptors (Lipinski definition) is 4. The van der Waals surface area contributed by atoms with Crippen molar-refractivity contribution in [2.75, 3.05) is 18.6 Å². The van der Waals surface area contributed by atoms with Crippen molar-refractivity contribution in [2.24, 2.45) is 0 Å². The average molecular weight is 389 g/mol. The van der Waals surface area contributed by atoms with Gasteiger partial charge in [0, 0.05) is 28.2 Å². The van der Waals surface area contributed by atoms with Gasteiger partial charge < -0.3 is 10.4 Å². The Bertz CT molecular complexity index is 322. The largest absolute Gasteiger partial charge is 0.388 e. The van der Waals surface area contributed by atoms with Crippen LogP contribution in [0, 0.1) is 0 Å². The van der Waals surface area contributed by atoms with Crippen LogP contribution in [0.15, 0.2) is 14.3 Å². The lowest BCUT2D eigenvalue weighted by molar-refractivity contribution is 0.0846. The zero-order valence-corrected chi connectivity index (χ0v) is 14.0. The van der Waals surface area contributed by atoms with Gasteiger partial charge in [-0.05, 0) is 51.1 Å². The van der Waals surface area contributed by atoms with Crippen molar-refractivity contribution in [1.82, 2.24) is 5.32 Å². The molecule has 16 heavy (non-hydrogen) atoms. The molecule has 0 aliphatic carbocycles. The number of aliphatic hydroxyl groups is 1. The summed E-state index contributed by atoms with van der Waals surface area (Å²) in [6, 6.07) is 2.09. The van der Waals surface area contributed by atoms with E-state index in [0.717, 1.165) is 20.6 Å². The van der Waals surface area contributed by atoms with Gasteiger partial charge in [-0.15, -0.1) is 11.3 Å². The minimum Gasteiger partial charge on any atom is -0.388 e. The van der Waals surface area contributed by atoms with Crippen LogP contribution >= 0.6 is 55.0 Å². The van der Waals surface area contributed by atoms with Crippen molar-refractivity contribution in [3.63, 3.8) is 0 Å². The van der Waals surface area contributed by atoms with E-state index in [1.807, 2.05) is 13.2 Å². The summed E-state index contributed by atoms with van der Waals surface area (Å²) in [4.78, 5) is 1.25. The number of halogens is 2. The summed E-state index contributed by atoms with van der Waals surface area (Å²) in [7, 11) is 0.